The van der Waals surface area contributed by atoms with Crippen LogP contribution >= 0.6 is 0 Å². The molecule has 1 aliphatic heterocycles. The van der Waals surface area contributed by atoms with Crippen LogP contribution in [0.4, 0.5) is 0 Å². The van der Waals surface area contributed by atoms with Gasteiger partial charge in [-0.05, 0) is 36.0 Å². The molecule has 1 N–H and O–H groups in total. The zero-order valence-corrected chi connectivity index (χ0v) is 8.18. The molecular formula is C13H11NO. The molecule has 2 aliphatic rings. The predicted octanol–water partition coefficient (Wildman–Crippen LogP) is 3.04. The van der Waals surface area contributed by atoms with Gasteiger partial charge in [-0.1, -0.05) is 24.3 Å². The third-order valence-electron chi connectivity index (χ3n) is 2.01. The van der Waals surface area contributed by atoms with E-state index < -0.39 is 0 Å². The lowest BCUT2D eigenvalue weighted by Crippen LogP contribution is -1.90. The first-order chi connectivity index (χ1) is 7.34. The highest BCUT2D eigenvalue weighted by molar-refractivity contribution is 6.03. The fourth-order valence-corrected chi connectivity index (χ4v) is 1.22. The number of allylic oxidation sites excluding steroid dienone is 10. The highest BCUT2D eigenvalue weighted by Gasteiger charge is 1.95. The van der Waals surface area contributed by atoms with Crippen LogP contribution in [0.5, 0.6) is 0 Å². The van der Waals surface area contributed by atoms with Crippen LogP contribution in [0, 0.1) is 5.41 Å². The summed E-state index contributed by atoms with van der Waals surface area (Å²) in [5.41, 5.74) is 1.58. The van der Waals surface area contributed by atoms with Gasteiger partial charge in [0.15, 0.2) is 0 Å². The van der Waals surface area contributed by atoms with E-state index in [-0.39, 0.29) is 0 Å². The summed E-state index contributed by atoms with van der Waals surface area (Å²) in [5.74, 6) is 0.812. The second kappa shape index (κ2) is 4.42. The van der Waals surface area contributed by atoms with E-state index in [1.807, 2.05) is 42.5 Å². The minimum Gasteiger partial charge on any atom is -0.465 e. The van der Waals surface area contributed by atoms with Crippen molar-refractivity contribution in [1.29, 1.82) is 5.41 Å². The average Bonchev–Trinajstić information content (AvgIpc) is 2.30. The lowest BCUT2D eigenvalue weighted by atomic mass is 10.1. The molecule has 2 heteroatoms. The van der Waals surface area contributed by atoms with E-state index in [0.717, 1.165) is 11.3 Å². The van der Waals surface area contributed by atoms with E-state index in [4.69, 9.17) is 10.1 Å². The lowest BCUT2D eigenvalue weighted by molar-refractivity contribution is 0.365. The minimum absolute atomic E-state index is 0.525. The monoisotopic (exact) mass is 197 g/mol. The fraction of sp³-hybridized carbons (Fsp3) is 0. The van der Waals surface area contributed by atoms with Crippen molar-refractivity contribution >= 4 is 5.71 Å². The number of ether oxygens (including phenoxy) is 1. The van der Waals surface area contributed by atoms with Crippen LogP contribution in [0.3, 0.4) is 0 Å². The van der Waals surface area contributed by atoms with Crippen molar-refractivity contribution < 1.29 is 4.74 Å². The summed E-state index contributed by atoms with van der Waals surface area (Å²) in [7, 11) is 0. The first kappa shape index (κ1) is 9.46. The molecule has 0 spiro atoms. The molecule has 74 valence electrons. The largest absolute Gasteiger partial charge is 0.465 e. The number of hydrogen-bond donors (Lipinski definition) is 1. The minimum atomic E-state index is 0.525. The first-order valence-corrected chi connectivity index (χ1v) is 4.71. The van der Waals surface area contributed by atoms with Crippen LogP contribution < -0.4 is 0 Å². The van der Waals surface area contributed by atoms with Crippen LogP contribution in [0.25, 0.3) is 0 Å². The highest BCUT2D eigenvalue weighted by atomic mass is 16.5. The van der Waals surface area contributed by atoms with Crippen molar-refractivity contribution in [3.63, 3.8) is 0 Å². The van der Waals surface area contributed by atoms with Gasteiger partial charge in [-0.25, -0.2) is 0 Å². The van der Waals surface area contributed by atoms with Gasteiger partial charge in [-0.2, -0.15) is 0 Å². The molecule has 0 fully saturated rings. The Balaban J connectivity index is 2.09. The Morgan fingerprint density at radius 2 is 1.73 bits per heavy atom. The number of rotatable bonds is 1. The SMILES string of the molecule is N=C1C=CC(=C/C=C2\C=CC=CO2)C=C1. The number of hydrogen-bond acceptors (Lipinski definition) is 2. The summed E-state index contributed by atoms with van der Waals surface area (Å²) in [6.45, 7) is 0. The third kappa shape index (κ3) is 2.68. The molecule has 2 nitrogen and oxygen atoms in total. The molecule has 1 heterocycles. The normalized spacial score (nSPS) is 20.9. The van der Waals surface area contributed by atoms with Gasteiger partial charge in [0.05, 0.1) is 12.0 Å². The summed E-state index contributed by atoms with van der Waals surface area (Å²) < 4.78 is 5.25. The topological polar surface area (TPSA) is 33.1 Å². The van der Waals surface area contributed by atoms with E-state index in [9.17, 15) is 0 Å². The smallest absolute Gasteiger partial charge is 0.126 e. The molecule has 1 aliphatic carbocycles. The third-order valence-corrected chi connectivity index (χ3v) is 2.01. The molecule has 0 aromatic carbocycles. The summed E-state index contributed by atoms with van der Waals surface area (Å²) in [5, 5.41) is 7.35. The highest BCUT2D eigenvalue weighted by Crippen LogP contribution is 2.10. The van der Waals surface area contributed by atoms with Crippen LogP contribution in [0.2, 0.25) is 0 Å². The molecular weight excluding hydrogens is 186 g/mol. The second-order valence-corrected chi connectivity index (χ2v) is 3.16. The summed E-state index contributed by atoms with van der Waals surface area (Å²) in [4.78, 5) is 0. The molecule has 0 saturated carbocycles. The molecule has 2 rings (SSSR count). The Bertz CT molecular complexity index is 427. The fourth-order valence-electron chi connectivity index (χ4n) is 1.22. The van der Waals surface area contributed by atoms with Gasteiger partial charge in [0, 0.05) is 0 Å². The molecule has 0 bridgehead atoms. The van der Waals surface area contributed by atoms with E-state index in [2.05, 4.69) is 0 Å². The van der Waals surface area contributed by atoms with Crippen molar-refractivity contribution in [2.45, 2.75) is 0 Å². The van der Waals surface area contributed by atoms with Crippen LogP contribution in [0.1, 0.15) is 0 Å². The van der Waals surface area contributed by atoms with Crippen molar-refractivity contribution in [2.24, 2.45) is 0 Å². The van der Waals surface area contributed by atoms with Gasteiger partial charge in [0.1, 0.15) is 5.76 Å². The summed E-state index contributed by atoms with van der Waals surface area (Å²) in [6.07, 6.45) is 18.5. The Hall–Kier alpha value is -2.09. The maximum atomic E-state index is 7.35. The molecule has 15 heavy (non-hydrogen) atoms. The zero-order chi connectivity index (χ0) is 10.5. The molecule has 0 aromatic rings. The molecule has 0 saturated heterocycles. The Morgan fingerprint density at radius 3 is 2.40 bits per heavy atom. The predicted molar refractivity (Wildman–Crippen MR) is 61.5 cm³/mol. The standard InChI is InChI=1S/C13H11NO/c14-12-7-4-11(5-8-12)6-9-13-3-1-2-10-15-13/h1-10,14H/b11-6?,13-9+,14-12?. The quantitative estimate of drug-likeness (QED) is 0.688. The van der Waals surface area contributed by atoms with Crippen molar-refractivity contribution in [3.8, 4) is 0 Å². The van der Waals surface area contributed by atoms with Crippen molar-refractivity contribution in [2.75, 3.05) is 0 Å². The number of nitrogens with one attached hydrogen (secondary N) is 1. The van der Waals surface area contributed by atoms with Gasteiger partial charge in [0.2, 0.25) is 0 Å². The zero-order valence-electron chi connectivity index (χ0n) is 8.18. The van der Waals surface area contributed by atoms with Gasteiger partial charge in [-0.15, -0.1) is 0 Å². The van der Waals surface area contributed by atoms with Gasteiger partial charge < -0.3 is 10.1 Å². The van der Waals surface area contributed by atoms with Crippen molar-refractivity contribution in [1.82, 2.24) is 0 Å². The van der Waals surface area contributed by atoms with E-state index in [1.165, 1.54) is 0 Å². The molecule has 0 atom stereocenters. The molecule has 0 amide bonds. The van der Waals surface area contributed by atoms with Gasteiger partial charge in [0.25, 0.3) is 0 Å². The van der Waals surface area contributed by atoms with Gasteiger partial charge in [-0.3, -0.25) is 0 Å². The van der Waals surface area contributed by atoms with Gasteiger partial charge >= 0.3 is 0 Å². The maximum absolute atomic E-state index is 7.35. The van der Waals surface area contributed by atoms with E-state index in [1.54, 1.807) is 18.4 Å². The van der Waals surface area contributed by atoms with Crippen LogP contribution in [0.15, 0.2) is 72.3 Å². The Kier molecular flexibility index (Phi) is 2.79. The van der Waals surface area contributed by atoms with Crippen LogP contribution in [-0.2, 0) is 4.74 Å². The first-order valence-electron chi connectivity index (χ1n) is 4.71. The average molecular weight is 197 g/mol. The lowest BCUT2D eigenvalue weighted by Gasteiger charge is -2.03. The van der Waals surface area contributed by atoms with E-state index >= 15 is 0 Å². The molecule has 0 aromatic heterocycles. The maximum Gasteiger partial charge on any atom is 0.126 e. The van der Waals surface area contributed by atoms with Crippen molar-refractivity contribution in [3.05, 3.63) is 72.3 Å². The van der Waals surface area contributed by atoms with Crippen LogP contribution in [-0.4, -0.2) is 5.71 Å². The Morgan fingerprint density at radius 1 is 0.933 bits per heavy atom. The van der Waals surface area contributed by atoms with E-state index in [0.29, 0.717) is 5.71 Å². The molecule has 0 radical (unpaired) electrons. The summed E-state index contributed by atoms with van der Waals surface area (Å²) >= 11 is 0. The molecule has 0 unspecified atom stereocenters. The Labute approximate surface area is 88.8 Å². The second-order valence-electron chi connectivity index (χ2n) is 3.16. The summed E-state index contributed by atoms with van der Waals surface area (Å²) in [6, 6.07) is 0.